The van der Waals surface area contributed by atoms with Gasteiger partial charge in [-0.3, -0.25) is 4.79 Å². The minimum absolute atomic E-state index is 0.122. The molecule has 0 saturated carbocycles. The van der Waals surface area contributed by atoms with Crippen molar-refractivity contribution in [1.82, 2.24) is 0 Å². The highest BCUT2D eigenvalue weighted by Crippen LogP contribution is 2.28. The average Bonchev–Trinajstić information content (AvgIpc) is 3.25. The van der Waals surface area contributed by atoms with Gasteiger partial charge in [0.25, 0.3) is 0 Å². The quantitative estimate of drug-likeness (QED) is 0.688. The lowest BCUT2D eigenvalue weighted by Gasteiger charge is -2.13. The molecule has 2 N–H and O–H groups in total. The maximum atomic E-state index is 12.3. The van der Waals surface area contributed by atoms with Crippen LogP contribution in [0.5, 0.6) is 17.2 Å². The molecule has 2 aromatic carbocycles. The Morgan fingerprint density at radius 1 is 1.11 bits per heavy atom. The van der Waals surface area contributed by atoms with E-state index in [0.29, 0.717) is 23.8 Å². The summed E-state index contributed by atoms with van der Waals surface area (Å²) in [7, 11) is 3.13. The van der Waals surface area contributed by atoms with Gasteiger partial charge in [-0.25, -0.2) is 0 Å². The summed E-state index contributed by atoms with van der Waals surface area (Å²) in [6, 6.07) is 12.7. The Bertz CT molecular complexity index is 773. The predicted molar refractivity (Wildman–Crippen MR) is 108 cm³/mol. The first-order valence-corrected chi connectivity index (χ1v) is 9.28. The van der Waals surface area contributed by atoms with Crippen LogP contribution in [0, 0.1) is 0 Å². The molecule has 0 aromatic heterocycles. The minimum Gasteiger partial charge on any atom is -0.497 e. The molecule has 0 bridgehead atoms. The van der Waals surface area contributed by atoms with Crippen LogP contribution in [-0.2, 0) is 9.53 Å². The van der Waals surface area contributed by atoms with Gasteiger partial charge < -0.3 is 29.6 Å². The van der Waals surface area contributed by atoms with Crippen LogP contribution in [0.1, 0.15) is 12.8 Å². The summed E-state index contributed by atoms with van der Waals surface area (Å²) in [5, 5.41) is 5.92. The van der Waals surface area contributed by atoms with Crippen molar-refractivity contribution in [2.45, 2.75) is 18.9 Å². The number of carbonyl (C=O) groups is 1. The fourth-order valence-electron chi connectivity index (χ4n) is 2.92. The molecule has 7 nitrogen and oxygen atoms in total. The molecule has 28 heavy (non-hydrogen) atoms. The maximum Gasteiger partial charge on any atom is 0.243 e. The Morgan fingerprint density at radius 2 is 1.89 bits per heavy atom. The first-order chi connectivity index (χ1) is 13.7. The molecule has 1 fully saturated rings. The van der Waals surface area contributed by atoms with Crippen molar-refractivity contribution >= 4 is 17.3 Å². The van der Waals surface area contributed by atoms with Gasteiger partial charge in [0.2, 0.25) is 5.91 Å². The van der Waals surface area contributed by atoms with Crippen molar-refractivity contribution < 1.29 is 23.7 Å². The fourth-order valence-corrected chi connectivity index (χ4v) is 2.92. The number of methoxy groups -OCH3 is 2. The number of anilines is 2. The highest BCUT2D eigenvalue weighted by Gasteiger charge is 2.16. The molecule has 1 saturated heterocycles. The molecule has 150 valence electrons. The zero-order valence-corrected chi connectivity index (χ0v) is 16.2. The van der Waals surface area contributed by atoms with Gasteiger partial charge in [-0.2, -0.15) is 0 Å². The first kappa shape index (κ1) is 19.8. The highest BCUT2D eigenvalue weighted by atomic mass is 16.5. The van der Waals surface area contributed by atoms with Gasteiger partial charge in [0, 0.05) is 18.4 Å². The van der Waals surface area contributed by atoms with Gasteiger partial charge in [-0.1, -0.05) is 0 Å². The van der Waals surface area contributed by atoms with Crippen molar-refractivity contribution in [1.29, 1.82) is 0 Å². The topological polar surface area (TPSA) is 78.1 Å². The van der Waals surface area contributed by atoms with Gasteiger partial charge in [0.05, 0.1) is 32.6 Å². The summed E-state index contributed by atoms with van der Waals surface area (Å²) in [5.74, 6) is 1.81. The van der Waals surface area contributed by atoms with E-state index in [9.17, 15) is 4.79 Å². The van der Waals surface area contributed by atoms with Crippen LogP contribution in [0.3, 0.4) is 0 Å². The number of amides is 1. The van der Waals surface area contributed by atoms with Crippen molar-refractivity contribution in [2.24, 2.45) is 0 Å². The molecule has 7 heteroatoms. The molecule has 1 amide bonds. The second kappa shape index (κ2) is 9.85. The van der Waals surface area contributed by atoms with Crippen LogP contribution >= 0.6 is 0 Å². The van der Waals surface area contributed by atoms with E-state index in [4.69, 9.17) is 18.9 Å². The summed E-state index contributed by atoms with van der Waals surface area (Å²) in [6.07, 6.45) is 2.34. The SMILES string of the molecule is COc1ccc(OC)c(NC(=O)CNc2ccc(OCC3CCCO3)cc2)c1. The molecule has 1 atom stereocenters. The summed E-state index contributed by atoms with van der Waals surface area (Å²) in [5.41, 5.74) is 1.39. The molecule has 1 aliphatic rings. The highest BCUT2D eigenvalue weighted by molar-refractivity contribution is 5.95. The van der Waals surface area contributed by atoms with Gasteiger partial charge in [-0.05, 0) is 49.2 Å². The van der Waals surface area contributed by atoms with Gasteiger partial charge in [0.1, 0.15) is 23.9 Å². The van der Waals surface area contributed by atoms with E-state index >= 15 is 0 Å². The third-order valence-corrected chi connectivity index (χ3v) is 4.45. The molecule has 1 heterocycles. The van der Waals surface area contributed by atoms with Crippen molar-refractivity contribution in [3.8, 4) is 17.2 Å². The number of benzene rings is 2. The molecule has 1 unspecified atom stereocenters. The van der Waals surface area contributed by atoms with Crippen LogP contribution in [-0.4, -0.2) is 46.0 Å². The summed E-state index contributed by atoms with van der Waals surface area (Å²) in [6.45, 7) is 1.51. The molecule has 3 rings (SSSR count). The predicted octanol–water partition coefficient (Wildman–Crippen LogP) is 3.31. The third kappa shape index (κ3) is 5.53. The van der Waals surface area contributed by atoms with Crippen LogP contribution in [0.4, 0.5) is 11.4 Å². The van der Waals surface area contributed by atoms with Crippen LogP contribution in [0.15, 0.2) is 42.5 Å². The number of ether oxygens (including phenoxy) is 4. The number of nitrogens with one attached hydrogen (secondary N) is 2. The smallest absolute Gasteiger partial charge is 0.243 e. The Hall–Kier alpha value is -2.93. The third-order valence-electron chi connectivity index (χ3n) is 4.45. The van der Waals surface area contributed by atoms with Crippen LogP contribution in [0.2, 0.25) is 0 Å². The normalized spacial score (nSPS) is 15.7. The van der Waals surface area contributed by atoms with Crippen molar-refractivity contribution in [3.63, 3.8) is 0 Å². The lowest BCUT2D eigenvalue weighted by molar-refractivity contribution is -0.114. The molecule has 1 aliphatic heterocycles. The number of hydrogen-bond donors (Lipinski definition) is 2. The standard InChI is InChI=1S/C21H26N2O5/c1-25-17-9-10-20(26-2)19(12-17)23-21(24)13-22-15-5-7-16(8-6-15)28-14-18-4-3-11-27-18/h5-10,12,18,22H,3-4,11,13-14H2,1-2H3,(H,23,24). The van der Waals surface area contributed by atoms with Gasteiger partial charge in [0.15, 0.2) is 0 Å². The number of rotatable bonds is 9. The molecule has 0 spiro atoms. The largest absolute Gasteiger partial charge is 0.497 e. The van der Waals surface area contributed by atoms with E-state index < -0.39 is 0 Å². The Labute approximate surface area is 164 Å². The minimum atomic E-state index is -0.190. The van der Waals surface area contributed by atoms with Crippen molar-refractivity contribution in [3.05, 3.63) is 42.5 Å². The molecule has 0 radical (unpaired) electrons. The monoisotopic (exact) mass is 386 g/mol. The van der Waals surface area contributed by atoms with E-state index in [1.165, 1.54) is 0 Å². The lowest BCUT2D eigenvalue weighted by atomic mass is 10.2. The van der Waals surface area contributed by atoms with Crippen LogP contribution < -0.4 is 24.8 Å². The Balaban J connectivity index is 1.47. The van der Waals surface area contributed by atoms with E-state index in [-0.39, 0.29) is 18.6 Å². The Kier molecular flexibility index (Phi) is 6.97. The number of carbonyl (C=O) groups excluding carboxylic acids is 1. The van der Waals surface area contributed by atoms with Gasteiger partial charge >= 0.3 is 0 Å². The zero-order valence-electron chi connectivity index (χ0n) is 16.2. The second-order valence-electron chi connectivity index (χ2n) is 6.44. The fraction of sp³-hybridized carbons (Fsp3) is 0.381. The lowest BCUT2D eigenvalue weighted by Crippen LogP contribution is -2.22. The molecular formula is C21H26N2O5. The summed E-state index contributed by atoms with van der Waals surface area (Å²) >= 11 is 0. The maximum absolute atomic E-state index is 12.3. The molecular weight excluding hydrogens is 360 g/mol. The summed E-state index contributed by atoms with van der Waals surface area (Å²) in [4.78, 5) is 12.3. The molecule has 0 aliphatic carbocycles. The van der Waals surface area contributed by atoms with Gasteiger partial charge in [-0.15, -0.1) is 0 Å². The van der Waals surface area contributed by atoms with E-state index in [0.717, 1.165) is 30.9 Å². The van der Waals surface area contributed by atoms with E-state index in [1.54, 1.807) is 32.4 Å². The molecule has 2 aromatic rings. The zero-order chi connectivity index (χ0) is 19.8. The Morgan fingerprint density at radius 3 is 2.57 bits per heavy atom. The average molecular weight is 386 g/mol. The number of hydrogen-bond acceptors (Lipinski definition) is 6. The van der Waals surface area contributed by atoms with Crippen LogP contribution in [0.25, 0.3) is 0 Å². The second-order valence-corrected chi connectivity index (χ2v) is 6.44. The summed E-state index contributed by atoms with van der Waals surface area (Å²) < 4.78 is 21.7. The van der Waals surface area contributed by atoms with E-state index in [1.807, 2.05) is 24.3 Å². The van der Waals surface area contributed by atoms with E-state index in [2.05, 4.69) is 10.6 Å². The van der Waals surface area contributed by atoms with Crippen molar-refractivity contribution in [2.75, 3.05) is 44.6 Å². The first-order valence-electron chi connectivity index (χ1n) is 9.28.